The molecule has 0 bridgehead atoms. The molecule has 1 atom stereocenters. The Bertz CT molecular complexity index is 999. The van der Waals surface area contributed by atoms with Crippen LogP contribution in [0.15, 0.2) is 35.6 Å². The third-order valence-electron chi connectivity index (χ3n) is 5.00. The molecular formula is C21H20O8. The number of benzene rings is 2. The molecule has 0 unspecified atom stereocenters. The van der Waals surface area contributed by atoms with Crippen LogP contribution in [0.3, 0.4) is 0 Å². The first-order valence-corrected chi connectivity index (χ1v) is 8.83. The third kappa shape index (κ3) is 2.97. The first-order valence-electron chi connectivity index (χ1n) is 8.83. The van der Waals surface area contributed by atoms with Crippen molar-refractivity contribution < 1.29 is 38.3 Å². The summed E-state index contributed by atoms with van der Waals surface area (Å²) in [7, 11) is 4.53. The second kappa shape index (κ2) is 7.12. The molecule has 0 aliphatic carbocycles. The lowest BCUT2D eigenvalue weighted by molar-refractivity contribution is -0.133. The van der Waals surface area contributed by atoms with E-state index < -0.39 is 11.9 Å². The Morgan fingerprint density at radius 1 is 0.966 bits per heavy atom. The van der Waals surface area contributed by atoms with Crippen molar-refractivity contribution in [2.75, 3.05) is 28.1 Å². The van der Waals surface area contributed by atoms with Gasteiger partial charge in [0.2, 0.25) is 12.5 Å². The number of ether oxygens (including phenoxy) is 6. The molecule has 8 heteroatoms. The molecule has 0 aromatic heterocycles. The highest BCUT2D eigenvalue weighted by atomic mass is 16.7. The SMILES string of the molecule is COc1cc([C@@H]2C(C(=O)O)=C(C)Oc3cc4c(cc32)OCO4)cc(OC)c1OC. The van der Waals surface area contributed by atoms with Gasteiger partial charge in [0.25, 0.3) is 0 Å². The van der Waals surface area contributed by atoms with E-state index in [2.05, 4.69) is 0 Å². The molecule has 0 radical (unpaired) electrons. The Kier molecular flexibility index (Phi) is 4.62. The molecule has 2 aliphatic heterocycles. The average Bonchev–Trinajstić information content (AvgIpc) is 3.17. The molecule has 1 N–H and O–H groups in total. The molecule has 2 aromatic rings. The fraction of sp³-hybridized carbons (Fsp3) is 0.286. The second-order valence-corrected chi connectivity index (χ2v) is 6.51. The van der Waals surface area contributed by atoms with Crippen LogP contribution in [0.5, 0.6) is 34.5 Å². The first-order chi connectivity index (χ1) is 14.0. The van der Waals surface area contributed by atoms with Crippen molar-refractivity contribution >= 4 is 5.97 Å². The summed E-state index contributed by atoms with van der Waals surface area (Å²) in [5.74, 6) is 1.46. The first kappa shape index (κ1) is 18.8. The van der Waals surface area contributed by atoms with E-state index in [0.717, 1.165) is 0 Å². The van der Waals surface area contributed by atoms with E-state index in [4.69, 9.17) is 28.4 Å². The third-order valence-corrected chi connectivity index (χ3v) is 5.00. The Morgan fingerprint density at radius 2 is 1.59 bits per heavy atom. The summed E-state index contributed by atoms with van der Waals surface area (Å²) in [6.45, 7) is 1.73. The van der Waals surface area contributed by atoms with Crippen molar-refractivity contribution in [3.8, 4) is 34.5 Å². The lowest BCUT2D eigenvalue weighted by Crippen LogP contribution is -2.21. The van der Waals surface area contributed by atoms with Crippen LogP contribution >= 0.6 is 0 Å². The summed E-state index contributed by atoms with van der Waals surface area (Å²) in [6, 6.07) is 6.94. The summed E-state index contributed by atoms with van der Waals surface area (Å²) >= 11 is 0. The van der Waals surface area contributed by atoms with E-state index in [1.807, 2.05) is 0 Å². The van der Waals surface area contributed by atoms with Crippen molar-refractivity contribution in [2.24, 2.45) is 0 Å². The zero-order valence-corrected chi connectivity index (χ0v) is 16.4. The van der Waals surface area contributed by atoms with Crippen LogP contribution in [-0.2, 0) is 4.79 Å². The maximum atomic E-state index is 12.1. The Labute approximate surface area is 167 Å². The van der Waals surface area contributed by atoms with Crippen molar-refractivity contribution in [2.45, 2.75) is 12.8 Å². The molecule has 8 nitrogen and oxygen atoms in total. The Balaban J connectivity index is 1.97. The molecule has 2 aromatic carbocycles. The van der Waals surface area contributed by atoms with Gasteiger partial charge in [0.05, 0.1) is 26.9 Å². The number of carboxylic acid groups (broad SMARTS) is 1. The van der Waals surface area contributed by atoms with Crippen LogP contribution < -0.4 is 28.4 Å². The average molecular weight is 400 g/mol. The summed E-state index contributed by atoms with van der Waals surface area (Å²) in [6.07, 6.45) is 0. The van der Waals surface area contributed by atoms with E-state index in [-0.39, 0.29) is 12.4 Å². The lowest BCUT2D eigenvalue weighted by Gasteiger charge is -2.29. The second-order valence-electron chi connectivity index (χ2n) is 6.51. The van der Waals surface area contributed by atoms with Gasteiger partial charge in [-0.2, -0.15) is 0 Å². The van der Waals surface area contributed by atoms with Crippen LogP contribution in [0.25, 0.3) is 0 Å². The minimum Gasteiger partial charge on any atom is -0.493 e. The van der Waals surface area contributed by atoms with Crippen LogP contribution in [-0.4, -0.2) is 39.2 Å². The molecule has 152 valence electrons. The highest BCUT2D eigenvalue weighted by Crippen LogP contribution is 2.50. The summed E-state index contributed by atoms with van der Waals surface area (Å²) in [5.41, 5.74) is 1.41. The zero-order valence-electron chi connectivity index (χ0n) is 16.4. The smallest absolute Gasteiger partial charge is 0.335 e. The minimum atomic E-state index is -1.08. The molecule has 2 heterocycles. The normalized spacial score (nSPS) is 16.8. The molecule has 0 spiro atoms. The highest BCUT2D eigenvalue weighted by Gasteiger charge is 2.36. The maximum Gasteiger partial charge on any atom is 0.335 e. The van der Waals surface area contributed by atoms with Gasteiger partial charge in [0.15, 0.2) is 23.0 Å². The van der Waals surface area contributed by atoms with Gasteiger partial charge in [-0.15, -0.1) is 0 Å². The van der Waals surface area contributed by atoms with Gasteiger partial charge in [-0.1, -0.05) is 0 Å². The van der Waals surface area contributed by atoms with Gasteiger partial charge in [-0.25, -0.2) is 4.79 Å². The minimum absolute atomic E-state index is 0.102. The van der Waals surface area contributed by atoms with E-state index in [9.17, 15) is 9.90 Å². The number of hydrogen-bond acceptors (Lipinski definition) is 7. The number of methoxy groups -OCH3 is 3. The fourth-order valence-corrected chi connectivity index (χ4v) is 3.72. The number of carboxylic acids is 1. The van der Waals surface area contributed by atoms with E-state index >= 15 is 0 Å². The number of carbonyl (C=O) groups is 1. The van der Waals surface area contributed by atoms with Gasteiger partial charge in [-0.05, 0) is 30.7 Å². The zero-order chi connectivity index (χ0) is 20.7. The van der Waals surface area contributed by atoms with Gasteiger partial charge in [0.1, 0.15) is 11.5 Å². The number of hydrogen-bond donors (Lipinski definition) is 1. The largest absolute Gasteiger partial charge is 0.493 e. The van der Waals surface area contributed by atoms with Crippen LogP contribution in [0.2, 0.25) is 0 Å². The Morgan fingerprint density at radius 3 is 2.14 bits per heavy atom. The summed E-state index contributed by atoms with van der Waals surface area (Å²) < 4.78 is 33.0. The number of rotatable bonds is 5. The van der Waals surface area contributed by atoms with Gasteiger partial charge in [0, 0.05) is 17.5 Å². The standard InChI is InChI=1S/C21H20O8/c1-10-18(21(22)23)19(11-5-16(24-2)20(26-4)17(6-11)25-3)12-7-14-15(28-9-27-14)8-13(12)29-10/h5-8,19H,9H2,1-4H3,(H,22,23)/t19-/m0/s1. The van der Waals surface area contributed by atoms with E-state index in [1.54, 1.807) is 31.2 Å². The lowest BCUT2D eigenvalue weighted by atomic mass is 9.81. The molecule has 29 heavy (non-hydrogen) atoms. The quantitative estimate of drug-likeness (QED) is 0.817. The topological polar surface area (TPSA) is 92.7 Å². The van der Waals surface area contributed by atoms with Gasteiger partial charge >= 0.3 is 5.97 Å². The Hall–Kier alpha value is -3.55. The van der Waals surface area contributed by atoms with Gasteiger partial charge < -0.3 is 33.5 Å². The van der Waals surface area contributed by atoms with Crippen molar-refractivity contribution in [1.82, 2.24) is 0 Å². The molecule has 0 saturated carbocycles. The van der Waals surface area contributed by atoms with Crippen molar-refractivity contribution in [1.29, 1.82) is 0 Å². The summed E-state index contributed by atoms with van der Waals surface area (Å²) in [4.78, 5) is 12.1. The molecule has 2 aliphatic rings. The van der Waals surface area contributed by atoms with Gasteiger partial charge in [-0.3, -0.25) is 0 Å². The van der Waals surface area contributed by atoms with Crippen LogP contribution in [0, 0.1) is 0 Å². The molecule has 0 saturated heterocycles. The number of allylic oxidation sites excluding steroid dienone is 1. The monoisotopic (exact) mass is 400 g/mol. The fourth-order valence-electron chi connectivity index (χ4n) is 3.72. The van der Waals surface area contributed by atoms with Crippen molar-refractivity contribution in [3.63, 3.8) is 0 Å². The summed E-state index contributed by atoms with van der Waals surface area (Å²) in [5, 5.41) is 9.93. The van der Waals surface area contributed by atoms with Crippen molar-refractivity contribution in [3.05, 3.63) is 46.7 Å². The molecular weight excluding hydrogens is 380 g/mol. The number of aliphatic carboxylic acids is 1. The molecule has 0 fully saturated rings. The van der Waals surface area contributed by atoms with Crippen LogP contribution in [0.4, 0.5) is 0 Å². The molecule has 4 rings (SSSR count). The predicted octanol–water partition coefficient (Wildman–Crippen LogP) is 3.32. The predicted molar refractivity (Wildman–Crippen MR) is 101 cm³/mol. The van der Waals surface area contributed by atoms with E-state index in [0.29, 0.717) is 51.4 Å². The molecule has 0 amide bonds. The highest BCUT2D eigenvalue weighted by molar-refractivity contribution is 5.91. The van der Waals surface area contributed by atoms with Crippen LogP contribution in [0.1, 0.15) is 24.0 Å². The number of fused-ring (bicyclic) bond motifs is 2. The maximum absolute atomic E-state index is 12.1. The van der Waals surface area contributed by atoms with E-state index in [1.165, 1.54) is 21.3 Å².